The molecule has 0 saturated heterocycles. The fraction of sp³-hybridized carbons (Fsp3) is 0.381. The Bertz CT molecular complexity index is 1890. The largest absolute Gasteiger partial charge is 0.493 e. The molecule has 2 N–H and O–H groups in total. The van der Waals surface area contributed by atoms with Crippen LogP contribution in [0.4, 0.5) is 0 Å². The zero-order valence-corrected chi connectivity index (χ0v) is 33.0. The van der Waals surface area contributed by atoms with Crippen LogP contribution in [0.1, 0.15) is 44.7 Å². The Morgan fingerprint density at radius 3 is 1.18 bits per heavy atom. The molecule has 302 valence electrons. The molecule has 0 aliphatic heterocycles. The van der Waals surface area contributed by atoms with Crippen LogP contribution in [-0.4, -0.2) is 92.2 Å². The van der Waals surface area contributed by atoms with E-state index in [1.165, 1.54) is 81.1 Å². The lowest BCUT2D eigenvalue weighted by Gasteiger charge is -2.26. The summed E-state index contributed by atoms with van der Waals surface area (Å²) >= 11 is 0. The van der Waals surface area contributed by atoms with Crippen LogP contribution in [0.2, 0.25) is 0 Å². The number of hydrogen-bond acceptors (Lipinski definition) is 14. The van der Waals surface area contributed by atoms with Crippen molar-refractivity contribution >= 4 is 11.9 Å². The molecule has 56 heavy (non-hydrogen) atoms. The third kappa shape index (κ3) is 10.3. The van der Waals surface area contributed by atoms with E-state index >= 15 is 0 Å². The first-order chi connectivity index (χ1) is 27.1. The zero-order valence-electron chi connectivity index (χ0n) is 33.0. The smallest absolute Gasteiger partial charge is 0.343 e. The maximum Gasteiger partial charge on any atom is 0.343 e. The quantitative estimate of drug-likeness (QED) is 0.0750. The second-order valence-electron chi connectivity index (χ2n) is 12.6. The molecule has 0 radical (unpaired) electrons. The first kappa shape index (κ1) is 42.9. The van der Waals surface area contributed by atoms with E-state index in [1.54, 1.807) is 24.3 Å². The van der Waals surface area contributed by atoms with Crippen molar-refractivity contribution in [1.82, 2.24) is 0 Å². The van der Waals surface area contributed by atoms with Crippen LogP contribution in [0, 0.1) is 11.8 Å². The molecule has 0 amide bonds. The molecule has 2 atom stereocenters. The number of rotatable bonds is 21. The molecular formula is C42H50O14. The number of carbonyl (C=O) groups is 2. The lowest BCUT2D eigenvalue weighted by molar-refractivity contribution is 0.0719. The SMILES string of the molecule is COc1ccc(C[C@H](CO)[C@@H](CCCO)Cc2ccc(OC)c(OC(=O)c3cc(OC)c(OC)c(OC)c3)c2)cc1OC(=O)c1cc(OC)c(OC)c(OC)c1. The fourth-order valence-corrected chi connectivity index (χ4v) is 6.41. The summed E-state index contributed by atoms with van der Waals surface area (Å²) in [7, 11) is 11.7. The molecular weight excluding hydrogens is 728 g/mol. The molecule has 0 spiro atoms. The van der Waals surface area contributed by atoms with Crippen LogP contribution < -0.4 is 47.4 Å². The minimum absolute atomic E-state index is 0.0293. The molecule has 0 saturated carbocycles. The lowest BCUT2D eigenvalue weighted by Crippen LogP contribution is -2.24. The summed E-state index contributed by atoms with van der Waals surface area (Å²) in [5.41, 5.74) is 1.93. The van der Waals surface area contributed by atoms with Crippen LogP contribution in [0.5, 0.6) is 57.5 Å². The number of methoxy groups -OCH3 is 8. The van der Waals surface area contributed by atoms with Gasteiger partial charge in [0.1, 0.15) is 0 Å². The van der Waals surface area contributed by atoms with Crippen LogP contribution in [-0.2, 0) is 12.8 Å². The number of hydrogen-bond donors (Lipinski definition) is 2. The molecule has 0 bridgehead atoms. The van der Waals surface area contributed by atoms with Gasteiger partial charge in [-0.15, -0.1) is 0 Å². The lowest BCUT2D eigenvalue weighted by atomic mass is 9.80. The average Bonchev–Trinajstić information content (AvgIpc) is 3.23. The van der Waals surface area contributed by atoms with Crippen molar-refractivity contribution in [2.45, 2.75) is 25.7 Å². The van der Waals surface area contributed by atoms with Gasteiger partial charge in [0.05, 0.1) is 68.0 Å². The van der Waals surface area contributed by atoms with Crippen molar-refractivity contribution in [2.24, 2.45) is 11.8 Å². The molecule has 4 aromatic carbocycles. The van der Waals surface area contributed by atoms with Gasteiger partial charge in [0.25, 0.3) is 0 Å². The Morgan fingerprint density at radius 1 is 0.482 bits per heavy atom. The van der Waals surface area contributed by atoms with Crippen LogP contribution in [0.25, 0.3) is 0 Å². The Labute approximate surface area is 326 Å². The Morgan fingerprint density at radius 2 is 0.857 bits per heavy atom. The Balaban J connectivity index is 1.59. The Kier molecular flexibility index (Phi) is 15.9. The van der Waals surface area contributed by atoms with Gasteiger partial charge in [0.2, 0.25) is 11.5 Å². The molecule has 0 aromatic heterocycles. The number of aliphatic hydroxyl groups is 2. The molecule has 4 aromatic rings. The highest BCUT2D eigenvalue weighted by atomic mass is 16.6. The second-order valence-corrected chi connectivity index (χ2v) is 12.6. The van der Waals surface area contributed by atoms with E-state index < -0.39 is 11.9 Å². The second kappa shape index (κ2) is 20.7. The predicted octanol–water partition coefficient (Wildman–Crippen LogP) is 5.98. The van der Waals surface area contributed by atoms with E-state index in [2.05, 4.69) is 0 Å². The van der Waals surface area contributed by atoms with E-state index in [9.17, 15) is 19.8 Å². The molecule has 0 fully saturated rings. The number of esters is 2. The molecule has 4 rings (SSSR count). The third-order valence-corrected chi connectivity index (χ3v) is 9.29. The van der Waals surface area contributed by atoms with Crippen molar-refractivity contribution in [3.05, 3.63) is 82.9 Å². The van der Waals surface area contributed by atoms with Crippen molar-refractivity contribution < 1.29 is 67.2 Å². The van der Waals surface area contributed by atoms with E-state index in [-0.39, 0.29) is 47.7 Å². The van der Waals surface area contributed by atoms with Crippen molar-refractivity contribution in [3.8, 4) is 57.5 Å². The summed E-state index contributed by atoms with van der Waals surface area (Å²) < 4.78 is 55.0. The summed E-state index contributed by atoms with van der Waals surface area (Å²) in [6, 6.07) is 16.5. The van der Waals surface area contributed by atoms with E-state index in [4.69, 9.17) is 47.4 Å². The van der Waals surface area contributed by atoms with Gasteiger partial charge in [0, 0.05) is 13.2 Å². The molecule has 0 unspecified atom stereocenters. The Hall–Kier alpha value is -5.86. The molecule has 14 heteroatoms. The summed E-state index contributed by atoms with van der Waals surface area (Å²) in [5, 5.41) is 20.5. The van der Waals surface area contributed by atoms with Crippen molar-refractivity contribution in [3.63, 3.8) is 0 Å². The van der Waals surface area contributed by atoms with E-state index in [0.29, 0.717) is 71.7 Å². The minimum Gasteiger partial charge on any atom is -0.493 e. The number of ether oxygens (including phenoxy) is 10. The monoisotopic (exact) mass is 778 g/mol. The van der Waals surface area contributed by atoms with Crippen LogP contribution in [0.3, 0.4) is 0 Å². The van der Waals surface area contributed by atoms with Gasteiger partial charge in [-0.05, 0) is 97.2 Å². The minimum atomic E-state index is -0.680. The van der Waals surface area contributed by atoms with Gasteiger partial charge < -0.3 is 57.6 Å². The summed E-state index contributed by atoms with van der Waals surface area (Å²) in [5.74, 6) is 1.13. The highest BCUT2D eigenvalue weighted by molar-refractivity contribution is 5.93. The maximum absolute atomic E-state index is 13.4. The highest BCUT2D eigenvalue weighted by Crippen LogP contribution is 2.41. The predicted molar refractivity (Wildman–Crippen MR) is 206 cm³/mol. The van der Waals surface area contributed by atoms with Gasteiger partial charge in [-0.2, -0.15) is 0 Å². The van der Waals surface area contributed by atoms with Gasteiger partial charge in [-0.1, -0.05) is 12.1 Å². The molecule has 14 nitrogen and oxygen atoms in total. The fourth-order valence-electron chi connectivity index (χ4n) is 6.41. The number of benzene rings is 4. The molecule has 0 heterocycles. The summed E-state index contributed by atoms with van der Waals surface area (Å²) in [6.07, 6.45) is 1.97. The van der Waals surface area contributed by atoms with Crippen LogP contribution >= 0.6 is 0 Å². The topological polar surface area (TPSA) is 167 Å². The van der Waals surface area contributed by atoms with E-state index in [0.717, 1.165) is 11.1 Å². The summed E-state index contributed by atoms with van der Waals surface area (Å²) in [4.78, 5) is 26.8. The van der Waals surface area contributed by atoms with Gasteiger partial charge in [-0.25, -0.2) is 9.59 Å². The first-order valence-corrected chi connectivity index (χ1v) is 17.7. The standard InChI is InChI=1S/C42H50O14/c1-47-31-13-11-25(18-33(31)55-41(45)28-20-35(49-3)39(53-7)36(21-28)50-4)16-27(10-9-15-43)30(24-44)17-26-12-14-32(48-2)34(19-26)56-42(46)29-22-37(51-5)40(54-8)38(23-29)52-6/h11-14,18-23,27,30,43-44H,9-10,15-17,24H2,1-8H3/t27-,30+/m0/s1. The van der Waals surface area contributed by atoms with Gasteiger partial charge in [0.15, 0.2) is 46.0 Å². The van der Waals surface area contributed by atoms with E-state index in [1.807, 2.05) is 12.1 Å². The zero-order chi connectivity index (χ0) is 40.8. The van der Waals surface area contributed by atoms with Crippen molar-refractivity contribution in [1.29, 1.82) is 0 Å². The normalized spacial score (nSPS) is 11.8. The number of aliphatic hydroxyl groups excluding tert-OH is 2. The van der Waals surface area contributed by atoms with Gasteiger partial charge >= 0.3 is 11.9 Å². The maximum atomic E-state index is 13.4. The van der Waals surface area contributed by atoms with Crippen LogP contribution in [0.15, 0.2) is 60.7 Å². The number of carbonyl (C=O) groups excluding carboxylic acids is 2. The van der Waals surface area contributed by atoms with Crippen molar-refractivity contribution in [2.75, 3.05) is 70.1 Å². The first-order valence-electron chi connectivity index (χ1n) is 17.7. The average molecular weight is 779 g/mol. The summed E-state index contributed by atoms with van der Waals surface area (Å²) in [6.45, 7) is -0.194. The molecule has 0 aliphatic carbocycles. The highest BCUT2D eigenvalue weighted by Gasteiger charge is 2.25. The third-order valence-electron chi connectivity index (χ3n) is 9.29. The molecule has 0 aliphatic rings. The van der Waals surface area contributed by atoms with Gasteiger partial charge in [-0.3, -0.25) is 0 Å².